The monoisotopic (exact) mass is 463 g/mol. The van der Waals surface area contributed by atoms with Gasteiger partial charge in [-0.1, -0.05) is 12.1 Å². The van der Waals surface area contributed by atoms with Gasteiger partial charge in [-0.3, -0.25) is 4.79 Å². The van der Waals surface area contributed by atoms with Gasteiger partial charge in [0.25, 0.3) is 5.91 Å². The second-order valence-corrected chi connectivity index (χ2v) is 6.56. The largest absolute Gasteiger partial charge is 0.478 e. The first-order valence-corrected chi connectivity index (χ1v) is 9.03. The SMILES string of the molecule is O=C(Nc1ccccc1Oc1ccc(C(=O)O)c(C(=O)O)c1)c1ccc(F)c(C(F)(F)F)c1. The van der Waals surface area contributed by atoms with E-state index in [1.165, 1.54) is 30.3 Å². The average molecular weight is 463 g/mol. The molecule has 170 valence electrons. The molecule has 7 nitrogen and oxygen atoms in total. The van der Waals surface area contributed by atoms with Crippen LogP contribution >= 0.6 is 0 Å². The van der Waals surface area contributed by atoms with Crippen molar-refractivity contribution in [1.82, 2.24) is 0 Å². The third kappa shape index (κ3) is 5.26. The molecule has 0 aliphatic heterocycles. The zero-order chi connectivity index (χ0) is 24.3. The van der Waals surface area contributed by atoms with Gasteiger partial charge >= 0.3 is 18.1 Å². The van der Waals surface area contributed by atoms with Gasteiger partial charge in [-0.15, -0.1) is 0 Å². The summed E-state index contributed by atoms with van der Waals surface area (Å²) in [6.07, 6.45) is -4.99. The Bertz CT molecular complexity index is 1260. The molecule has 1 amide bonds. The number of aromatic carboxylic acids is 2. The maximum atomic E-state index is 13.5. The highest BCUT2D eigenvalue weighted by Crippen LogP contribution is 2.33. The number of carboxylic acid groups (broad SMARTS) is 2. The van der Waals surface area contributed by atoms with Gasteiger partial charge in [0.15, 0.2) is 5.75 Å². The fraction of sp³-hybridized carbons (Fsp3) is 0.0455. The molecule has 0 aliphatic carbocycles. The Kier molecular flexibility index (Phi) is 6.33. The van der Waals surface area contributed by atoms with E-state index in [1.54, 1.807) is 0 Å². The lowest BCUT2D eigenvalue weighted by atomic mass is 10.1. The first kappa shape index (κ1) is 23.3. The quantitative estimate of drug-likeness (QED) is 0.429. The second-order valence-electron chi connectivity index (χ2n) is 6.56. The summed E-state index contributed by atoms with van der Waals surface area (Å²) in [7, 11) is 0. The molecule has 33 heavy (non-hydrogen) atoms. The first-order valence-electron chi connectivity index (χ1n) is 9.03. The highest BCUT2D eigenvalue weighted by Gasteiger charge is 2.34. The van der Waals surface area contributed by atoms with Crippen LogP contribution in [0.3, 0.4) is 0 Å². The van der Waals surface area contributed by atoms with Crippen molar-refractivity contribution < 1.29 is 46.9 Å². The van der Waals surface area contributed by atoms with Crippen LogP contribution in [-0.2, 0) is 6.18 Å². The Morgan fingerprint density at radius 2 is 1.52 bits per heavy atom. The molecule has 0 bridgehead atoms. The van der Waals surface area contributed by atoms with Crippen molar-refractivity contribution in [2.24, 2.45) is 0 Å². The number of nitrogens with one attached hydrogen (secondary N) is 1. The Morgan fingerprint density at radius 1 is 0.848 bits per heavy atom. The van der Waals surface area contributed by atoms with Crippen LogP contribution in [0.1, 0.15) is 36.6 Å². The number of carbonyl (C=O) groups excluding carboxylic acids is 1. The van der Waals surface area contributed by atoms with Crippen LogP contribution in [0.2, 0.25) is 0 Å². The summed E-state index contributed by atoms with van der Waals surface area (Å²) in [6.45, 7) is 0. The van der Waals surface area contributed by atoms with E-state index in [0.29, 0.717) is 12.1 Å². The summed E-state index contributed by atoms with van der Waals surface area (Å²) in [4.78, 5) is 35.0. The van der Waals surface area contributed by atoms with Gasteiger partial charge in [-0.05, 0) is 48.5 Å². The smallest absolute Gasteiger partial charge is 0.419 e. The Morgan fingerprint density at radius 3 is 2.15 bits per heavy atom. The lowest BCUT2D eigenvalue weighted by Crippen LogP contribution is -2.15. The van der Waals surface area contributed by atoms with Crippen LogP contribution in [0.15, 0.2) is 60.7 Å². The molecular weight excluding hydrogens is 450 g/mol. The van der Waals surface area contributed by atoms with Crippen LogP contribution in [0.5, 0.6) is 11.5 Å². The number of carboxylic acids is 2. The molecule has 11 heteroatoms. The van der Waals surface area contributed by atoms with Crippen molar-refractivity contribution in [2.75, 3.05) is 5.32 Å². The highest BCUT2D eigenvalue weighted by atomic mass is 19.4. The molecule has 0 aromatic heterocycles. The van der Waals surface area contributed by atoms with Gasteiger partial charge in [0.2, 0.25) is 0 Å². The zero-order valence-electron chi connectivity index (χ0n) is 16.3. The number of alkyl halides is 3. The van der Waals surface area contributed by atoms with Crippen molar-refractivity contribution >= 4 is 23.5 Å². The molecule has 3 rings (SSSR count). The molecule has 0 heterocycles. The molecule has 3 aromatic carbocycles. The van der Waals surface area contributed by atoms with E-state index in [9.17, 15) is 37.1 Å². The number of carbonyl (C=O) groups is 3. The lowest BCUT2D eigenvalue weighted by Gasteiger charge is -2.14. The minimum atomic E-state index is -4.99. The Balaban J connectivity index is 1.89. The van der Waals surface area contributed by atoms with Crippen LogP contribution in [0.4, 0.5) is 23.2 Å². The van der Waals surface area contributed by atoms with Crippen molar-refractivity contribution in [1.29, 1.82) is 0 Å². The van der Waals surface area contributed by atoms with Gasteiger partial charge in [-0.25, -0.2) is 14.0 Å². The number of hydrogen-bond acceptors (Lipinski definition) is 4. The summed E-state index contributed by atoms with van der Waals surface area (Å²) in [6, 6.07) is 10.7. The summed E-state index contributed by atoms with van der Waals surface area (Å²) in [5, 5.41) is 20.7. The third-order valence-electron chi connectivity index (χ3n) is 4.35. The summed E-state index contributed by atoms with van der Waals surface area (Å²) in [5.41, 5.74) is -3.04. The topological polar surface area (TPSA) is 113 Å². The molecule has 3 N–H and O–H groups in total. The van der Waals surface area contributed by atoms with E-state index in [1.807, 2.05) is 0 Å². The average Bonchev–Trinajstić information content (AvgIpc) is 2.74. The number of amides is 1. The number of ether oxygens (including phenoxy) is 1. The van der Waals surface area contributed by atoms with E-state index in [4.69, 9.17) is 9.84 Å². The van der Waals surface area contributed by atoms with Crippen LogP contribution in [0.25, 0.3) is 0 Å². The molecule has 3 aromatic rings. The zero-order valence-corrected chi connectivity index (χ0v) is 16.3. The maximum absolute atomic E-state index is 13.5. The summed E-state index contributed by atoms with van der Waals surface area (Å²) < 4.78 is 57.8. The molecule has 0 atom stereocenters. The van der Waals surface area contributed by atoms with Crippen LogP contribution in [0, 0.1) is 5.82 Å². The predicted octanol–water partition coefficient (Wildman–Crippen LogP) is 5.29. The Hall–Kier alpha value is -4.41. The van der Waals surface area contributed by atoms with E-state index in [-0.39, 0.29) is 17.2 Å². The molecule has 0 unspecified atom stereocenters. The number of anilines is 1. The number of para-hydroxylation sites is 2. The Labute approximate surface area is 182 Å². The highest BCUT2D eigenvalue weighted by molar-refractivity contribution is 6.05. The fourth-order valence-corrected chi connectivity index (χ4v) is 2.81. The van der Waals surface area contributed by atoms with E-state index in [2.05, 4.69) is 5.32 Å². The number of halogens is 4. The minimum absolute atomic E-state index is 0.0107. The fourth-order valence-electron chi connectivity index (χ4n) is 2.81. The first-order chi connectivity index (χ1) is 15.5. The predicted molar refractivity (Wildman–Crippen MR) is 106 cm³/mol. The molecule has 0 spiro atoms. The van der Waals surface area contributed by atoms with Crippen LogP contribution in [-0.4, -0.2) is 28.1 Å². The minimum Gasteiger partial charge on any atom is -0.478 e. The molecule has 0 saturated carbocycles. The summed E-state index contributed by atoms with van der Waals surface area (Å²) in [5.74, 6) is -5.55. The standard InChI is InChI=1S/C22H13F4NO6/c23-16-8-5-11(9-15(16)22(24,25)26)19(28)27-17-3-1-2-4-18(17)33-12-6-7-13(20(29)30)14(10-12)21(31)32/h1-10H,(H,27,28)(H,29,30)(H,31,32). The number of benzene rings is 3. The van der Waals surface area contributed by atoms with Gasteiger partial charge in [-0.2, -0.15) is 13.2 Å². The summed E-state index contributed by atoms with van der Waals surface area (Å²) >= 11 is 0. The molecular formula is C22H13F4NO6. The van der Waals surface area contributed by atoms with E-state index < -0.39 is 52.1 Å². The van der Waals surface area contributed by atoms with Gasteiger partial charge < -0.3 is 20.3 Å². The molecule has 0 fully saturated rings. The van der Waals surface area contributed by atoms with E-state index >= 15 is 0 Å². The maximum Gasteiger partial charge on any atom is 0.419 e. The third-order valence-corrected chi connectivity index (χ3v) is 4.35. The normalized spacial score (nSPS) is 11.0. The molecule has 0 radical (unpaired) electrons. The van der Waals surface area contributed by atoms with Crippen LogP contribution < -0.4 is 10.1 Å². The van der Waals surface area contributed by atoms with Gasteiger partial charge in [0, 0.05) is 5.56 Å². The van der Waals surface area contributed by atoms with Gasteiger partial charge in [0.05, 0.1) is 22.4 Å². The number of rotatable bonds is 6. The lowest BCUT2D eigenvalue weighted by molar-refractivity contribution is -0.140. The van der Waals surface area contributed by atoms with Crippen molar-refractivity contribution in [2.45, 2.75) is 6.18 Å². The molecule has 0 aliphatic rings. The molecule has 0 saturated heterocycles. The van der Waals surface area contributed by atoms with E-state index in [0.717, 1.165) is 18.2 Å². The van der Waals surface area contributed by atoms with Crippen molar-refractivity contribution in [3.8, 4) is 11.5 Å². The number of hydrogen-bond donors (Lipinski definition) is 3. The second kappa shape index (κ2) is 8.99. The van der Waals surface area contributed by atoms with Crippen molar-refractivity contribution in [3.05, 3.63) is 88.7 Å². The van der Waals surface area contributed by atoms with Gasteiger partial charge in [0.1, 0.15) is 11.6 Å². The van der Waals surface area contributed by atoms with Crippen molar-refractivity contribution in [3.63, 3.8) is 0 Å².